The Balaban J connectivity index is 0.000000426. The third-order valence-corrected chi connectivity index (χ3v) is 6.00. The van der Waals surface area contributed by atoms with Gasteiger partial charge in [0.05, 0.1) is 28.7 Å². The molecule has 38 heavy (non-hydrogen) atoms. The Bertz CT molecular complexity index is 1540. The first-order valence-corrected chi connectivity index (χ1v) is 11.9. The lowest BCUT2D eigenvalue weighted by Crippen LogP contribution is -2.25. The van der Waals surface area contributed by atoms with Crippen molar-refractivity contribution in [2.45, 2.75) is 12.6 Å². The number of fused-ring (bicyclic) bond motifs is 1. The zero-order chi connectivity index (χ0) is 27.1. The molecule has 5 rings (SSSR count). The number of hydrogen-bond acceptors (Lipinski definition) is 7. The number of aliphatic carboxylic acids is 1. The Morgan fingerprint density at radius 1 is 1.03 bits per heavy atom. The topological polar surface area (TPSA) is 122 Å². The van der Waals surface area contributed by atoms with Crippen LogP contribution in [0.5, 0.6) is 0 Å². The van der Waals surface area contributed by atoms with E-state index in [0.29, 0.717) is 12.1 Å². The fourth-order valence-electron chi connectivity index (χ4n) is 3.41. The number of nitrogens with zero attached hydrogens (tertiary/aromatic N) is 5. The van der Waals surface area contributed by atoms with E-state index in [2.05, 4.69) is 20.3 Å². The van der Waals surface area contributed by atoms with E-state index < -0.39 is 12.1 Å². The minimum absolute atomic E-state index is 0.108. The van der Waals surface area contributed by atoms with Gasteiger partial charge in [0, 0.05) is 42.9 Å². The van der Waals surface area contributed by atoms with E-state index in [1.54, 1.807) is 24.8 Å². The second-order valence-corrected chi connectivity index (χ2v) is 8.56. The van der Waals surface area contributed by atoms with Gasteiger partial charge in [-0.25, -0.2) is 9.78 Å². The van der Waals surface area contributed by atoms with E-state index >= 15 is 0 Å². The molecule has 0 saturated heterocycles. The van der Waals surface area contributed by atoms with E-state index in [4.69, 9.17) is 14.9 Å². The van der Waals surface area contributed by atoms with Gasteiger partial charge in [0.15, 0.2) is 0 Å². The first-order valence-electron chi connectivity index (χ1n) is 11.0. The van der Waals surface area contributed by atoms with Crippen molar-refractivity contribution in [2.24, 2.45) is 0 Å². The van der Waals surface area contributed by atoms with Crippen LogP contribution in [0, 0.1) is 0 Å². The number of amides is 1. The van der Waals surface area contributed by atoms with E-state index in [9.17, 15) is 18.0 Å². The molecule has 0 aromatic carbocycles. The number of pyridine rings is 2. The maximum atomic E-state index is 12.9. The largest absolute Gasteiger partial charge is 0.490 e. The molecular formula is C25H19F3N6O3S. The summed E-state index contributed by atoms with van der Waals surface area (Å²) in [6.45, 7) is 0.539. The molecule has 9 nitrogen and oxygen atoms in total. The molecular weight excluding hydrogens is 521 g/mol. The number of carbonyl (C=O) groups is 2. The number of hydrogen-bond donors (Lipinski definition) is 2. The number of nitrogens with one attached hydrogen (secondary N) is 1. The van der Waals surface area contributed by atoms with Gasteiger partial charge >= 0.3 is 12.1 Å². The van der Waals surface area contributed by atoms with Crippen LogP contribution in [-0.2, 0) is 11.2 Å². The maximum absolute atomic E-state index is 12.9. The van der Waals surface area contributed by atoms with Gasteiger partial charge in [-0.05, 0) is 36.2 Å². The highest BCUT2D eigenvalue weighted by atomic mass is 32.1. The van der Waals surface area contributed by atoms with E-state index in [-0.39, 0.29) is 5.91 Å². The summed E-state index contributed by atoms with van der Waals surface area (Å²) in [5.74, 6) is -2.87. The average Bonchev–Trinajstić information content (AvgIpc) is 3.55. The van der Waals surface area contributed by atoms with Crippen LogP contribution in [0.25, 0.3) is 27.6 Å². The summed E-state index contributed by atoms with van der Waals surface area (Å²) in [5.41, 5.74) is 4.93. The van der Waals surface area contributed by atoms with Crippen molar-refractivity contribution in [2.75, 3.05) is 6.54 Å². The van der Waals surface area contributed by atoms with E-state index in [1.807, 2.05) is 58.6 Å². The molecule has 0 unspecified atom stereocenters. The Morgan fingerprint density at radius 3 is 2.50 bits per heavy atom. The Morgan fingerprint density at radius 2 is 1.82 bits per heavy atom. The highest BCUT2D eigenvalue weighted by molar-refractivity contribution is 7.13. The molecule has 0 fully saturated rings. The number of thiazole rings is 1. The summed E-state index contributed by atoms with van der Waals surface area (Å²) >= 11 is 1.50. The molecule has 0 atom stereocenters. The molecule has 0 saturated carbocycles. The van der Waals surface area contributed by atoms with Crippen LogP contribution in [0.15, 0.2) is 79.0 Å². The molecule has 0 spiro atoms. The van der Waals surface area contributed by atoms with Crippen LogP contribution >= 0.6 is 11.3 Å². The highest BCUT2D eigenvalue weighted by Crippen LogP contribution is 2.30. The van der Waals surface area contributed by atoms with E-state index in [0.717, 1.165) is 39.6 Å². The minimum Gasteiger partial charge on any atom is -0.475 e. The number of carboxylic acid groups (broad SMARTS) is 1. The Labute approximate surface area is 217 Å². The molecule has 0 aliphatic rings. The number of rotatable bonds is 6. The molecule has 1 amide bonds. The predicted octanol–water partition coefficient (Wildman–Crippen LogP) is 4.52. The number of halogens is 3. The van der Waals surface area contributed by atoms with Gasteiger partial charge in [-0.15, -0.1) is 11.3 Å². The second kappa shape index (κ2) is 11.6. The molecule has 194 valence electrons. The van der Waals surface area contributed by atoms with Crippen molar-refractivity contribution in [1.29, 1.82) is 0 Å². The highest BCUT2D eigenvalue weighted by Gasteiger charge is 2.38. The summed E-state index contributed by atoms with van der Waals surface area (Å²) < 4.78 is 33.7. The summed E-state index contributed by atoms with van der Waals surface area (Å²) in [5, 5.41) is 12.9. The smallest absolute Gasteiger partial charge is 0.475 e. The lowest BCUT2D eigenvalue weighted by atomic mass is 10.2. The van der Waals surface area contributed by atoms with Crippen LogP contribution < -0.4 is 5.32 Å². The first-order chi connectivity index (χ1) is 18.2. The number of carbonyl (C=O) groups excluding carboxylic acids is 1. The third kappa shape index (κ3) is 6.37. The third-order valence-electron chi connectivity index (χ3n) is 5.13. The van der Waals surface area contributed by atoms with Gasteiger partial charge in [0.2, 0.25) is 0 Å². The maximum Gasteiger partial charge on any atom is 0.490 e. The normalized spacial score (nSPS) is 11.0. The lowest BCUT2D eigenvalue weighted by molar-refractivity contribution is -0.192. The standard InChI is InChI=1S/C23H18N6OS.C2HF3O2/c30-22(27-8-6-16-4-3-7-24-13-16)17-12-21(29-11-2-1-5-20(17)29)19-15-31-23(28-19)18-14-25-9-10-26-18;3-2(4,5)1(6)7/h1-5,7,9-15H,6,8H2,(H,27,30);(H,6,7). The van der Waals surface area contributed by atoms with Crippen LogP contribution in [0.3, 0.4) is 0 Å². The zero-order valence-corrected chi connectivity index (χ0v) is 20.3. The second-order valence-electron chi connectivity index (χ2n) is 7.70. The summed E-state index contributed by atoms with van der Waals surface area (Å²) in [7, 11) is 0. The quantitative estimate of drug-likeness (QED) is 0.325. The molecule has 5 aromatic rings. The summed E-state index contributed by atoms with van der Waals surface area (Å²) in [4.78, 5) is 39.1. The lowest BCUT2D eigenvalue weighted by Gasteiger charge is -2.04. The number of alkyl halides is 3. The average molecular weight is 541 g/mol. The summed E-state index contributed by atoms with van der Waals surface area (Å²) in [6.07, 6.45) is 6.12. The molecule has 0 bridgehead atoms. The molecule has 5 aromatic heterocycles. The molecule has 2 N–H and O–H groups in total. The van der Waals surface area contributed by atoms with Crippen molar-refractivity contribution in [3.05, 3.63) is 90.1 Å². The van der Waals surface area contributed by atoms with Crippen molar-refractivity contribution in [1.82, 2.24) is 29.7 Å². The molecule has 0 aliphatic carbocycles. The van der Waals surface area contributed by atoms with Crippen LogP contribution in [-0.4, -0.2) is 54.0 Å². The van der Waals surface area contributed by atoms with Crippen molar-refractivity contribution in [3.8, 4) is 22.1 Å². The fraction of sp³-hybridized carbons (Fsp3) is 0.120. The fourth-order valence-corrected chi connectivity index (χ4v) is 4.19. The van der Waals surface area contributed by atoms with Gasteiger partial charge < -0.3 is 14.8 Å². The van der Waals surface area contributed by atoms with Crippen LogP contribution in [0.4, 0.5) is 13.2 Å². The monoisotopic (exact) mass is 540 g/mol. The molecule has 0 aliphatic heterocycles. The predicted molar refractivity (Wildman–Crippen MR) is 133 cm³/mol. The molecule has 5 heterocycles. The van der Waals surface area contributed by atoms with Gasteiger partial charge in [-0.2, -0.15) is 13.2 Å². The SMILES string of the molecule is O=C(NCCc1cccnc1)c1cc(-c2csc(-c3cnccn3)n2)n2ccccc12.O=C(O)C(F)(F)F. The summed E-state index contributed by atoms with van der Waals surface area (Å²) in [6, 6.07) is 11.6. The zero-order valence-electron chi connectivity index (χ0n) is 19.5. The van der Waals surface area contributed by atoms with Crippen LogP contribution in [0.1, 0.15) is 15.9 Å². The molecule has 13 heteroatoms. The van der Waals surface area contributed by atoms with Crippen molar-refractivity contribution >= 4 is 28.7 Å². The number of carboxylic acids is 1. The van der Waals surface area contributed by atoms with Crippen molar-refractivity contribution < 1.29 is 27.9 Å². The van der Waals surface area contributed by atoms with Gasteiger partial charge in [0.1, 0.15) is 10.7 Å². The Hall–Kier alpha value is -4.65. The van der Waals surface area contributed by atoms with Gasteiger partial charge in [0.25, 0.3) is 5.91 Å². The minimum atomic E-state index is -5.08. The van der Waals surface area contributed by atoms with E-state index in [1.165, 1.54) is 11.3 Å². The van der Waals surface area contributed by atoms with Crippen molar-refractivity contribution in [3.63, 3.8) is 0 Å². The Kier molecular flexibility index (Phi) is 8.06. The first kappa shape index (κ1) is 26.4. The molecule has 0 radical (unpaired) electrons. The van der Waals surface area contributed by atoms with Crippen LogP contribution in [0.2, 0.25) is 0 Å². The van der Waals surface area contributed by atoms with Gasteiger partial charge in [-0.1, -0.05) is 12.1 Å². The van der Waals surface area contributed by atoms with Gasteiger partial charge in [-0.3, -0.25) is 19.7 Å². The number of aromatic nitrogens is 5.